The van der Waals surface area contributed by atoms with Crippen molar-refractivity contribution in [1.29, 1.82) is 0 Å². The lowest BCUT2D eigenvalue weighted by Crippen LogP contribution is -2.42. The molecular weight excluding hydrogens is 409 g/mol. The van der Waals surface area contributed by atoms with E-state index < -0.39 is 9.84 Å². The predicted octanol–water partition coefficient (Wildman–Crippen LogP) is 3.61. The average molecular weight is 430 g/mol. The van der Waals surface area contributed by atoms with E-state index in [1.165, 1.54) is 0 Å². The van der Waals surface area contributed by atoms with Crippen molar-refractivity contribution in [3.05, 3.63) is 46.2 Å². The molecule has 2 aromatic rings. The van der Waals surface area contributed by atoms with Gasteiger partial charge in [0.2, 0.25) is 0 Å². The Kier molecular flexibility index (Phi) is 6.13. The zero-order valence-corrected chi connectivity index (χ0v) is 17.3. The summed E-state index contributed by atoms with van der Waals surface area (Å²) in [6, 6.07) is 6.44. The number of sulfone groups is 1. The maximum Gasteiger partial charge on any atom is 0.274 e. The van der Waals surface area contributed by atoms with E-state index in [9.17, 15) is 13.2 Å². The highest BCUT2D eigenvalue weighted by molar-refractivity contribution is 7.91. The van der Waals surface area contributed by atoms with Crippen molar-refractivity contribution in [3.63, 3.8) is 0 Å². The molecule has 0 radical (unpaired) electrons. The van der Waals surface area contributed by atoms with E-state index in [-0.39, 0.29) is 29.1 Å². The molecule has 1 aromatic carbocycles. The van der Waals surface area contributed by atoms with Gasteiger partial charge in [-0.25, -0.2) is 13.1 Å². The van der Waals surface area contributed by atoms with Gasteiger partial charge in [0, 0.05) is 18.8 Å². The van der Waals surface area contributed by atoms with E-state index in [0.717, 1.165) is 12.8 Å². The lowest BCUT2D eigenvalue weighted by molar-refractivity contribution is 0.0687. The number of halogens is 2. The summed E-state index contributed by atoms with van der Waals surface area (Å²) < 4.78 is 25.2. The molecule has 2 heterocycles. The molecule has 6 nitrogen and oxygen atoms in total. The largest absolute Gasteiger partial charge is 0.333 e. The summed E-state index contributed by atoms with van der Waals surface area (Å²) in [5.41, 5.74) is 0.966. The number of rotatable bonds is 6. The maximum absolute atomic E-state index is 13.0. The Hall–Kier alpha value is -1.57. The molecule has 3 rings (SSSR count). The van der Waals surface area contributed by atoms with Crippen molar-refractivity contribution in [2.45, 2.75) is 32.2 Å². The van der Waals surface area contributed by atoms with Crippen molar-refractivity contribution in [3.8, 4) is 5.69 Å². The molecule has 1 aliphatic rings. The van der Waals surface area contributed by atoms with Crippen LogP contribution < -0.4 is 0 Å². The molecule has 9 heteroatoms. The van der Waals surface area contributed by atoms with Gasteiger partial charge in [0.1, 0.15) is 0 Å². The van der Waals surface area contributed by atoms with Crippen molar-refractivity contribution in [2.75, 3.05) is 18.1 Å². The van der Waals surface area contributed by atoms with Crippen LogP contribution >= 0.6 is 23.2 Å². The zero-order chi connectivity index (χ0) is 19.6. The SMILES string of the molecule is CCCCN(C(=O)c1ccn(-c2ccc(Cl)c(Cl)c2)n1)C1CCS(=O)(=O)C1. The Bertz CT molecular complexity index is 943. The molecule has 1 aromatic heterocycles. The van der Waals surface area contributed by atoms with Crippen LogP contribution in [0.2, 0.25) is 10.0 Å². The second-order valence-corrected chi connectivity index (χ2v) is 9.70. The molecule has 1 fully saturated rings. The van der Waals surface area contributed by atoms with Crippen LogP contribution in [0.15, 0.2) is 30.5 Å². The third-order valence-electron chi connectivity index (χ3n) is 4.64. The van der Waals surface area contributed by atoms with E-state index >= 15 is 0 Å². The molecule has 1 aliphatic heterocycles. The highest BCUT2D eigenvalue weighted by Crippen LogP contribution is 2.25. The van der Waals surface area contributed by atoms with Crippen molar-refractivity contribution in [2.24, 2.45) is 0 Å². The van der Waals surface area contributed by atoms with Gasteiger partial charge in [-0.05, 0) is 37.1 Å². The number of carbonyl (C=O) groups excluding carboxylic acids is 1. The molecular formula is C18H21Cl2N3O3S. The summed E-state index contributed by atoms with van der Waals surface area (Å²) in [5.74, 6) is -0.0920. The number of nitrogens with zero attached hydrogens (tertiary/aromatic N) is 3. The van der Waals surface area contributed by atoms with Crippen LogP contribution in [0.4, 0.5) is 0 Å². The number of unbranched alkanes of at least 4 members (excludes halogenated alkanes) is 1. The average Bonchev–Trinajstić information content (AvgIpc) is 3.24. The van der Waals surface area contributed by atoms with Crippen LogP contribution in [0.5, 0.6) is 0 Å². The van der Waals surface area contributed by atoms with Crippen LogP contribution in [0.25, 0.3) is 5.69 Å². The van der Waals surface area contributed by atoms with Crippen molar-refractivity contribution < 1.29 is 13.2 Å². The fourth-order valence-electron chi connectivity index (χ4n) is 3.16. The molecule has 146 valence electrons. The predicted molar refractivity (Wildman–Crippen MR) is 107 cm³/mol. The minimum Gasteiger partial charge on any atom is -0.333 e. The minimum absolute atomic E-state index is 0.0238. The van der Waals surface area contributed by atoms with E-state index in [4.69, 9.17) is 23.2 Å². The van der Waals surface area contributed by atoms with Crippen LogP contribution in [0.3, 0.4) is 0 Å². The van der Waals surface area contributed by atoms with Crippen LogP contribution in [-0.2, 0) is 9.84 Å². The van der Waals surface area contributed by atoms with Gasteiger partial charge >= 0.3 is 0 Å². The fraction of sp³-hybridized carbons (Fsp3) is 0.444. The summed E-state index contributed by atoms with van der Waals surface area (Å²) in [6.07, 6.45) is 3.89. The first-order chi connectivity index (χ1) is 12.8. The van der Waals surface area contributed by atoms with Crippen LogP contribution in [0.1, 0.15) is 36.7 Å². The molecule has 1 amide bonds. The number of carbonyl (C=O) groups is 1. The van der Waals surface area contributed by atoms with Crippen LogP contribution in [0, 0.1) is 0 Å². The summed E-state index contributed by atoms with van der Waals surface area (Å²) >= 11 is 12.0. The molecule has 1 saturated heterocycles. The van der Waals surface area contributed by atoms with Gasteiger partial charge in [-0.2, -0.15) is 5.10 Å². The summed E-state index contributed by atoms with van der Waals surface area (Å²) in [4.78, 5) is 14.7. The normalized spacial score (nSPS) is 18.6. The maximum atomic E-state index is 13.0. The van der Waals surface area contributed by atoms with E-state index in [1.807, 2.05) is 6.92 Å². The first kappa shape index (κ1) is 20.2. The summed E-state index contributed by atoms with van der Waals surface area (Å²) in [7, 11) is -3.07. The van der Waals surface area contributed by atoms with Gasteiger partial charge in [0.25, 0.3) is 5.91 Å². The fourth-order valence-corrected chi connectivity index (χ4v) is 5.18. The number of benzene rings is 1. The number of amides is 1. The molecule has 0 aliphatic carbocycles. The molecule has 1 unspecified atom stereocenters. The van der Waals surface area contributed by atoms with Gasteiger partial charge < -0.3 is 4.90 Å². The first-order valence-corrected chi connectivity index (χ1v) is 11.4. The molecule has 0 spiro atoms. The highest BCUT2D eigenvalue weighted by Gasteiger charge is 2.35. The first-order valence-electron chi connectivity index (χ1n) is 8.83. The second-order valence-electron chi connectivity index (χ2n) is 6.65. The van der Waals surface area contributed by atoms with E-state index in [1.54, 1.807) is 40.0 Å². The topological polar surface area (TPSA) is 72.3 Å². The zero-order valence-electron chi connectivity index (χ0n) is 14.9. The second kappa shape index (κ2) is 8.20. The van der Waals surface area contributed by atoms with Gasteiger partial charge in [0.05, 0.1) is 27.2 Å². The monoisotopic (exact) mass is 429 g/mol. The Morgan fingerprint density at radius 2 is 2.07 bits per heavy atom. The smallest absolute Gasteiger partial charge is 0.274 e. The van der Waals surface area contributed by atoms with Crippen molar-refractivity contribution in [1.82, 2.24) is 14.7 Å². The summed E-state index contributed by atoms with van der Waals surface area (Å²) in [5, 5.41) is 5.21. The quantitative estimate of drug-likeness (QED) is 0.702. The van der Waals surface area contributed by atoms with Crippen LogP contribution in [-0.4, -0.2) is 53.1 Å². The lowest BCUT2D eigenvalue weighted by atomic mass is 10.2. The number of aromatic nitrogens is 2. The van der Waals surface area contributed by atoms with E-state index in [0.29, 0.717) is 28.7 Å². The third-order valence-corrected chi connectivity index (χ3v) is 7.13. The number of hydrogen-bond donors (Lipinski definition) is 0. The van der Waals surface area contributed by atoms with Crippen molar-refractivity contribution >= 4 is 38.9 Å². The number of hydrogen-bond acceptors (Lipinski definition) is 4. The molecule has 27 heavy (non-hydrogen) atoms. The highest BCUT2D eigenvalue weighted by atomic mass is 35.5. The Balaban J connectivity index is 1.83. The molecule has 0 N–H and O–H groups in total. The Labute approximate surface area is 169 Å². The third kappa shape index (κ3) is 4.65. The standard InChI is InChI=1S/C18H21Cl2N3O3S/c1-2-3-8-22(14-7-10-27(25,26)12-14)18(24)17-6-9-23(21-17)13-4-5-15(19)16(20)11-13/h4-6,9,11,14H,2-3,7-8,10,12H2,1H3. The lowest BCUT2D eigenvalue weighted by Gasteiger charge is -2.27. The minimum atomic E-state index is -3.07. The Morgan fingerprint density at radius 3 is 2.70 bits per heavy atom. The summed E-state index contributed by atoms with van der Waals surface area (Å²) in [6.45, 7) is 2.56. The van der Waals surface area contributed by atoms with Gasteiger partial charge in [0.15, 0.2) is 15.5 Å². The van der Waals surface area contributed by atoms with Gasteiger partial charge in [-0.3, -0.25) is 4.79 Å². The van der Waals surface area contributed by atoms with Gasteiger partial charge in [-0.15, -0.1) is 0 Å². The van der Waals surface area contributed by atoms with Gasteiger partial charge in [-0.1, -0.05) is 36.5 Å². The molecule has 1 atom stereocenters. The Morgan fingerprint density at radius 1 is 1.30 bits per heavy atom. The molecule has 0 saturated carbocycles. The molecule has 0 bridgehead atoms. The van der Waals surface area contributed by atoms with E-state index in [2.05, 4.69) is 5.10 Å².